The van der Waals surface area contributed by atoms with Gasteiger partial charge in [0.15, 0.2) is 0 Å². The molecular weight excluding hydrogens is 361 g/mol. The summed E-state index contributed by atoms with van der Waals surface area (Å²) in [4.78, 5) is 11.9. The van der Waals surface area contributed by atoms with Crippen LogP contribution >= 0.6 is 46.6 Å². The lowest BCUT2D eigenvalue weighted by molar-refractivity contribution is -0.113. The van der Waals surface area contributed by atoms with Gasteiger partial charge in [0.1, 0.15) is 0 Å². The zero-order valence-electron chi connectivity index (χ0n) is 11.8. The topological polar surface area (TPSA) is 29.1 Å². The first-order chi connectivity index (χ1) is 10.5. The maximum atomic E-state index is 11.9. The maximum Gasteiger partial charge on any atom is 0.234 e. The predicted octanol–water partition coefficient (Wildman–Crippen LogP) is 5.83. The molecule has 22 heavy (non-hydrogen) atoms. The fraction of sp³-hybridized carbons (Fsp3) is 0.188. The van der Waals surface area contributed by atoms with Crippen LogP contribution in [0.5, 0.6) is 0 Å². The largest absolute Gasteiger partial charge is 0.325 e. The molecule has 0 unspecified atom stereocenters. The SMILES string of the molecule is Cc1ccc(NC(=O)CSCc2ccc(Cl)cc2Cl)cc1Cl. The van der Waals surface area contributed by atoms with Crippen LogP contribution < -0.4 is 5.32 Å². The molecule has 116 valence electrons. The highest BCUT2D eigenvalue weighted by Gasteiger charge is 2.06. The number of nitrogens with one attached hydrogen (secondary N) is 1. The van der Waals surface area contributed by atoms with Crippen LogP contribution in [0.1, 0.15) is 11.1 Å². The van der Waals surface area contributed by atoms with E-state index >= 15 is 0 Å². The van der Waals surface area contributed by atoms with Gasteiger partial charge in [-0.3, -0.25) is 4.79 Å². The van der Waals surface area contributed by atoms with Crippen LogP contribution in [0.2, 0.25) is 15.1 Å². The zero-order valence-corrected chi connectivity index (χ0v) is 14.9. The predicted molar refractivity (Wildman–Crippen MR) is 97.4 cm³/mol. The van der Waals surface area contributed by atoms with E-state index in [2.05, 4.69) is 5.32 Å². The van der Waals surface area contributed by atoms with Gasteiger partial charge in [0.2, 0.25) is 5.91 Å². The number of anilines is 1. The Labute approximate surface area is 149 Å². The van der Waals surface area contributed by atoms with E-state index in [0.29, 0.717) is 32.3 Å². The molecule has 0 saturated carbocycles. The second kappa shape index (κ2) is 8.11. The first-order valence-electron chi connectivity index (χ1n) is 6.53. The van der Waals surface area contributed by atoms with E-state index in [1.807, 2.05) is 25.1 Å². The summed E-state index contributed by atoms with van der Waals surface area (Å²) in [5.74, 6) is 0.915. The summed E-state index contributed by atoms with van der Waals surface area (Å²) in [6.45, 7) is 1.92. The summed E-state index contributed by atoms with van der Waals surface area (Å²) in [6, 6.07) is 10.8. The average Bonchev–Trinajstić information content (AvgIpc) is 2.45. The number of hydrogen-bond acceptors (Lipinski definition) is 2. The second-order valence-electron chi connectivity index (χ2n) is 4.74. The van der Waals surface area contributed by atoms with Gasteiger partial charge in [-0.25, -0.2) is 0 Å². The van der Waals surface area contributed by atoms with Gasteiger partial charge in [-0.05, 0) is 42.3 Å². The second-order valence-corrected chi connectivity index (χ2v) is 6.98. The average molecular weight is 375 g/mol. The molecule has 0 saturated heterocycles. The van der Waals surface area contributed by atoms with Crippen molar-refractivity contribution in [3.63, 3.8) is 0 Å². The van der Waals surface area contributed by atoms with Gasteiger partial charge in [0, 0.05) is 26.5 Å². The normalized spacial score (nSPS) is 10.5. The molecule has 0 atom stereocenters. The molecule has 1 N–H and O–H groups in total. The van der Waals surface area contributed by atoms with Crippen LogP contribution in [-0.4, -0.2) is 11.7 Å². The Morgan fingerprint density at radius 2 is 1.86 bits per heavy atom. The number of carbonyl (C=O) groups excluding carboxylic acids is 1. The molecule has 6 heteroatoms. The summed E-state index contributed by atoms with van der Waals surface area (Å²) in [5.41, 5.74) is 2.64. The highest BCUT2D eigenvalue weighted by Crippen LogP contribution is 2.25. The van der Waals surface area contributed by atoms with Crippen molar-refractivity contribution in [1.29, 1.82) is 0 Å². The van der Waals surface area contributed by atoms with E-state index < -0.39 is 0 Å². The van der Waals surface area contributed by atoms with Crippen LogP contribution in [0.25, 0.3) is 0 Å². The number of hydrogen-bond donors (Lipinski definition) is 1. The quantitative estimate of drug-likeness (QED) is 0.713. The van der Waals surface area contributed by atoms with Gasteiger partial charge < -0.3 is 5.32 Å². The van der Waals surface area contributed by atoms with E-state index in [-0.39, 0.29) is 5.91 Å². The number of amides is 1. The smallest absolute Gasteiger partial charge is 0.234 e. The van der Waals surface area contributed by atoms with Gasteiger partial charge >= 0.3 is 0 Å². The van der Waals surface area contributed by atoms with Gasteiger partial charge in [-0.1, -0.05) is 46.9 Å². The molecule has 0 aliphatic carbocycles. The van der Waals surface area contributed by atoms with Crippen LogP contribution in [0.4, 0.5) is 5.69 Å². The summed E-state index contributed by atoms with van der Waals surface area (Å²) in [6.07, 6.45) is 0. The maximum absolute atomic E-state index is 11.9. The summed E-state index contributed by atoms with van der Waals surface area (Å²) >= 11 is 19.5. The van der Waals surface area contributed by atoms with Crippen molar-refractivity contribution in [3.05, 3.63) is 62.6 Å². The van der Waals surface area contributed by atoms with Gasteiger partial charge in [-0.15, -0.1) is 11.8 Å². The summed E-state index contributed by atoms with van der Waals surface area (Å²) < 4.78 is 0. The first-order valence-corrected chi connectivity index (χ1v) is 8.82. The molecule has 0 aliphatic rings. The number of halogens is 3. The molecule has 2 nitrogen and oxygen atoms in total. The molecule has 0 heterocycles. The van der Waals surface area contributed by atoms with E-state index in [4.69, 9.17) is 34.8 Å². The first kappa shape index (κ1) is 17.5. The fourth-order valence-corrected chi connectivity index (χ4v) is 3.33. The molecule has 1 amide bonds. The van der Waals surface area contributed by atoms with E-state index in [1.54, 1.807) is 18.2 Å². The molecule has 2 aromatic carbocycles. The lowest BCUT2D eigenvalue weighted by Crippen LogP contribution is -2.14. The van der Waals surface area contributed by atoms with Gasteiger partial charge in [0.25, 0.3) is 0 Å². The summed E-state index contributed by atoms with van der Waals surface area (Å²) in [7, 11) is 0. The molecule has 0 spiro atoms. The number of carbonyl (C=O) groups is 1. The Kier molecular flexibility index (Phi) is 6.45. The van der Waals surface area contributed by atoms with Crippen molar-refractivity contribution in [2.75, 3.05) is 11.1 Å². The standard InChI is InChI=1S/C16H14Cl3NOS/c1-10-2-5-13(7-14(10)18)20-16(21)9-22-8-11-3-4-12(17)6-15(11)19/h2-7H,8-9H2,1H3,(H,20,21). The highest BCUT2D eigenvalue weighted by atomic mass is 35.5. The van der Waals surface area contributed by atoms with Crippen molar-refractivity contribution < 1.29 is 4.79 Å². The third-order valence-corrected chi connectivity index (χ3v) is 4.94. The van der Waals surface area contributed by atoms with Crippen LogP contribution in [-0.2, 0) is 10.5 Å². The Bertz CT molecular complexity index is 691. The zero-order chi connectivity index (χ0) is 16.1. The summed E-state index contributed by atoms with van der Waals surface area (Å²) in [5, 5.41) is 4.68. The van der Waals surface area contributed by atoms with Crippen molar-refractivity contribution in [2.24, 2.45) is 0 Å². The Morgan fingerprint density at radius 1 is 1.09 bits per heavy atom. The molecule has 0 aliphatic heterocycles. The fourth-order valence-electron chi connectivity index (χ4n) is 1.76. The Morgan fingerprint density at radius 3 is 2.55 bits per heavy atom. The molecule has 2 aromatic rings. The minimum Gasteiger partial charge on any atom is -0.325 e. The minimum atomic E-state index is -0.0741. The molecule has 0 bridgehead atoms. The van der Waals surface area contributed by atoms with E-state index in [0.717, 1.165) is 11.1 Å². The highest BCUT2D eigenvalue weighted by molar-refractivity contribution is 7.99. The van der Waals surface area contributed by atoms with Crippen LogP contribution in [0, 0.1) is 6.92 Å². The Balaban J connectivity index is 1.83. The van der Waals surface area contributed by atoms with Gasteiger partial charge in [0.05, 0.1) is 5.75 Å². The molecule has 0 fully saturated rings. The van der Waals surface area contributed by atoms with Crippen molar-refractivity contribution in [3.8, 4) is 0 Å². The molecule has 0 radical (unpaired) electrons. The number of rotatable bonds is 5. The van der Waals surface area contributed by atoms with Crippen molar-refractivity contribution in [1.82, 2.24) is 0 Å². The van der Waals surface area contributed by atoms with E-state index in [9.17, 15) is 4.79 Å². The van der Waals surface area contributed by atoms with E-state index in [1.165, 1.54) is 11.8 Å². The molecular formula is C16H14Cl3NOS. The van der Waals surface area contributed by atoms with Crippen LogP contribution in [0.3, 0.4) is 0 Å². The number of aryl methyl sites for hydroxylation is 1. The minimum absolute atomic E-state index is 0.0741. The molecule has 2 rings (SSSR count). The van der Waals surface area contributed by atoms with Crippen molar-refractivity contribution >= 4 is 58.2 Å². The monoisotopic (exact) mass is 373 g/mol. The lowest BCUT2D eigenvalue weighted by atomic mass is 10.2. The number of thioether (sulfide) groups is 1. The van der Waals surface area contributed by atoms with Crippen LogP contribution in [0.15, 0.2) is 36.4 Å². The van der Waals surface area contributed by atoms with Gasteiger partial charge in [-0.2, -0.15) is 0 Å². The molecule has 0 aromatic heterocycles. The number of benzene rings is 2. The third kappa shape index (κ3) is 5.10. The Hall–Kier alpha value is -0.870. The third-order valence-electron chi connectivity index (χ3n) is 2.96. The lowest BCUT2D eigenvalue weighted by Gasteiger charge is -2.07. The van der Waals surface area contributed by atoms with Crippen molar-refractivity contribution in [2.45, 2.75) is 12.7 Å².